The van der Waals surface area contributed by atoms with Gasteiger partial charge in [0, 0.05) is 30.2 Å². The van der Waals surface area contributed by atoms with Gasteiger partial charge in [-0.15, -0.1) is 0 Å². The number of benzene rings is 1. The van der Waals surface area contributed by atoms with Crippen LogP contribution in [0.4, 0.5) is 0 Å². The van der Waals surface area contributed by atoms with Gasteiger partial charge in [0.15, 0.2) is 0 Å². The minimum atomic E-state index is -0.157. The van der Waals surface area contributed by atoms with Crippen molar-refractivity contribution in [2.75, 3.05) is 6.61 Å². The van der Waals surface area contributed by atoms with Crippen LogP contribution >= 0.6 is 0 Å². The average molecular weight is 382 g/mol. The first-order chi connectivity index (χ1) is 13.2. The van der Waals surface area contributed by atoms with Gasteiger partial charge in [-0.3, -0.25) is 9.78 Å². The second-order valence-electron chi connectivity index (χ2n) is 8.57. The van der Waals surface area contributed by atoms with Crippen molar-refractivity contribution in [1.29, 1.82) is 0 Å². The number of fused-ring (bicyclic) bond motifs is 3. The van der Waals surface area contributed by atoms with Crippen LogP contribution in [0.5, 0.6) is 5.75 Å². The molecule has 0 saturated carbocycles. The molecule has 2 heterocycles. The van der Waals surface area contributed by atoms with Gasteiger partial charge in [0.05, 0.1) is 23.2 Å². The topological polar surface area (TPSA) is 70.1 Å². The van der Waals surface area contributed by atoms with Crippen molar-refractivity contribution in [3.8, 4) is 5.75 Å². The van der Waals surface area contributed by atoms with Crippen molar-refractivity contribution in [2.24, 2.45) is 18.7 Å². The highest BCUT2D eigenvalue weighted by atomic mass is 16.5. The maximum atomic E-state index is 12.8. The molecule has 0 amide bonds. The summed E-state index contributed by atoms with van der Waals surface area (Å²) in [7, 11) is 1.80. The van der Waals surface area contributed by atoms with Gasteiger partial charge in [0.2, 0.25) is 0 Å². The molecule has 5 heteroatoms. The molecule has 1 atom stereocenters. The van der Waals surface area contributed by atoms with Crippen molar-refractivity contribution in [3.05, 3.63) is 46.5 Å². The maximum absolute atomic E-state index is 12.8. The van der Waals surface area contributed by atoms with Gasteiger partial charge in [-0.1, -0.05) is 13.8 Å². The number of rotatable bonds is 7. The summed E-state index contributed by atoms with van der Waals surface area (Å²) in [5, 5.41) is 2.64. The Bertz CT molecular complexity index is 1050. The van der Waals surface area contributed by atoms with Crippen LogP contribution in [-0.2, 0) is 7.05 Å². The van der Waals surface area contributed by atoms with E-state index >= 15 is 0 Å². The number of nitrogens with two attached hydrogens (primary N) is 1. The van der Waals surface area contributed by atoms with E-state index in [2.05, 4.69) is 25.8 Å². The number of aryl methyl sites for hydroxylation is 2. The molecule has 2 aromatic heterocycles. The van der Waals surface area contributed by atoms with E-state index < -0.39 is 0 Å². The fourth-order valence-electron chi connectivity index (χ4n) is 4.15. The second kappa shape index (κ2) is 7.92. The third-order valence-corrected chi connectivity index (χ3v) is 5.32. The highest BCUT2D eigenvalue weighted by molar-refractivity contribution is 6.06. The summed E-state index contributed by atoms with van der Waals surface area (Å²) in [4.78, 5) is 17.1. The Labute approximate surface area is 166 Å². The first kappa shape index (κ1) is 20.3. The lowest BCUT2D eigenvalue weighted by Crippen LogP contribution is -2.37. The molecule has 2 N–H and O–H groups in total. The molecule has 1 aromatic carbocycles. The lowest BCUT2D eigenvalue weighted by Gasteiger charge is -2.26. The summed E-state index contributed by atoms with van der Waals surface area (Å²) in [5.74, 6) is 1.36. The third-order valence-electron chi connectivity index (χ3n) is 5.32. The van der Waals surface area contributed by atoms with Gasteiger partial charge < -0.3 is 15.0 Å². The molecule has 0 spiro atoms. The molecule has 5 nitrogen and oxygen atoms in total. The predicted molar refractivity (Wildman–Crippen MR) is 116 cm³/mol. The zero-order valence-corrected chi connectivity index (χ0v) is 17.6. The standard InChI is InChI=1S/C23H31N3O2/c1-15(2)14-23(4,24)10-6-12-28-17-7-8-18-19-9-11-25-16(3)21(19)22(27)26(5)20(18)13-17/h7-9,11,13,15H,6,10,12,14,24H2,1-5H3. The van der Waals surface area contributed by atoms with Crippen LogP contribution in [0, 0.1) is 12.8 Å². The molecule has 0 fully saturated rings. The first-order valence-electron chi connectivity index (χ1n) is 9.99. The summed E-state index contributed by atoms with van der Waals surface area (Å²) < 4.78 is 7.64. The lowest BCUT2D eigenvalue weighted by atomic mass is 9.88. The van der Waals surface area contributed by atoms with E-state index in [0.29, 0.717) is 17.9 Å². The van der Waals surface area contributed by atoms with Crippen LogP contribution in [0.25, 0.3) is 21.7 Å². The number of pyridine rings is 2. The predicted octanol–water partition coefficient (Wildman–Crippen LogP) is 4.32. The van der Waals surface area contributed by atoms with Crippen LogP contribution in [0.3, 0.4) is 0 Å². The molecule has 0 aliphatic carbocycles. The summed E-state index contributed by atoms with van der Waals surface area (Å²) in [5.41, 5.74) is 7.81. The van der Waals surface area contributed by atoms with E-state index in [1.165, 1.54) is 0 Å². The van der Waals surface area contributed by atoms with Gasteiger partial charge >= 0.3 is 0 Å². The molecule has 3 aromatic rings. The largest absolute Gasteiger partial charge is 0.494 e. The van der Waals surface area contributed by atoms with E-state index in [4.69, 9.17) is 10.5 Å². The molecular weight excluding hydrogens is 350 g/mol. The van der Waals surface area contributed by atoms with Gasteiger partial charge in [-0.25, -0.2) is 0 Å². The molecule has 0 radical (unpaired) electrons. The van der Waals surface area contributed by atoms with E-state index in [1.807, 2.05) is 31.2 Å². The van der Waals surface area contributed by atoms with Gasteiger partial charge in [0.25, 0.3) is 5.56 Å². The number of aromatic nitrogens is 2. The Hall–Kier alpha value is -2.40. The highest BCUT2D eigenvalue weighted by Crippen LogP contribution is 2.27. The molecule has 0 aliphatic rings. The summed E-state index contributed by atoms with van der Waals surface area (Å²) in [6.45, 7) is 8.99. The van der Waals surface area contributed by atoms with Crippen molar-refractivity contribution in [1.82, 2.24) is 9.55 Å². The van der Waals surface area contributed by atoms with E-state index in [0.717, 1.165) is 47.0 Å². The molecule has 0 saturated heterocycles. The summed E-state index contributed by atoms with van der Waals surface area (Å²) in [6, 6.07) is 7.85. The fourth-order valence-corrected chi connectivity index (χ4v) is 4.15. The smallest absolute Gasteiger partial charge is 0.260 e. The van der Waals surface area contributed by atoms with Crippen molar-refractivity contribution in [2.45, 2.75) is 52.5 Å². The molecule has 3 rings (SSSR count). The lowest BCUT2D eigenvalue weighted by molar-refractivity contribution is 0.269. The van der Waals surface area contributed by atoms with Gasteiger partial charge in [-0.2, -0.15) is 0 Å². The Kier molecular flexibility index (Phi) is 5.75. The number of ether oxygens (including phenoxy) is 1. The molecule has 0 bridgehead atoms. The van der Waals surface area contributed by atoms with Crippen LogP contribution in [0.2, 0.25) is 0 Å². The number of hydrogen-bond donors (Lipinski definition) is 1. The molecule has 0 aliphatic heterocycles. The Morgan fingerprint density at radius 1 is 1.25 bits per heavy atom. The molecule has 150 valence electrons. The zero-order valence-electron chi connectivity index (χ0n) is 17.6. The zero-order chi connectivity index (χ0) is 20.5. The van der Waals surface area contributed by atoms with E-state index in [-0.39, 0.29) is 11.1 Å². The molecular formula is C23H31N3O2. The van der Waals surface area contributed by atoms with Gasteiger partial charge in [-0.05, 0) is 62.6 Å². The molecule has 28 heavy (non-hydrogen) atoms. The van der Waals surface area contributed by atoms with Gasteiger partial charge in [0.1, 0.15) is 5.75 Å². The minimum Gasteiger partial charge on any atom is -0.494 e. The van der Waals surface area contributed by atoms with E-state index in [1.54, 1.807) is 17.8 Å². The van der Waals surface area contributed by atoms with Crippen LogP contribution in [0.1, 0.15) is 45.7 Å². The fraction of sp³-hybridized carbons (Fsp3) is 0.478. The first-order valence-corrected chi connectivity index (χ1v) is 9.99. The Balaban J connectivity index is 1.81. The van der Waals surface area contributed by atoms with E-state index in [9.17, 15) is 4.79 Å². The Morgan fingerprint density at radius 2 is 2.00 bits per heavy atom. The summed E-state index contributed by atoms with van der Waals surface area (Å²) in [6.07, 6.45) is 4.59. The third kappa shape index (κ3) is 4.20. The minimum absolute atomic E-state index is 0.0298. The van der Waals surface area contributed by atoms with Crippen molar-refractivity contribution >= 4 is 21.7 Å². The second-order valence-corrected chi connectivity index (χ2v) is 8.57. The summed E-state index contributed by atoms with van der Waals surface area (Å²) >= 11 is 0. The van der Waals surface area contributed by atoms with Crippen molar-refractivity contribution in [3.63, 3.8) is 0 Å². The van der Waals surface area contributed by atoms with Crippen LogP contribution in [0.15, 0.2) is 35.3 Å². The SMILES string of the molecule is Cc1nccc2c1c(=O)n(C)c1cc(OCCCC(C)(N)CC(C)C)ccc21. The maximum Gasteiger partial charge on any atom is 0.260 e. The average Bonchev–Trinajstić information content (AvgIpc) is 2.62. The number of hydrogen-bond acceptors (Lipinski definition) is 4. The number of nitrogens with zero attached hydrogens (tertiary/aromatic N) is 2. The highest BCUT2D eigenvalue weighted by Gasteiger charge is 2.19. The van der Waals surface area contributed by atoms with Crippen molar-refractivity contribution < 1.29 is 4.74 Å². The van der Waals surface area contributed by atoms with Crippen LogP contribution < -0.4 is 16.0 Å². The Morgan fingerprint density at radius 3 is 2.71 bits per heavy atom. The monoisotopic (exact) mass is 381 g/mol. The van der Waals surface area contributed by atoms with Crippen LogP contribution in [-0.4, -0.2) is 21.7 Å². The molecule has 1 unspecified atom stereocenters. The quantitative estimate of drug-likeness (QED) is 0.489. The normalized spacial score (nSPS) is 14.0.